The topological polar surface area (TPSA) is 106 Å². The second-order valence-electron chi connectivity index (χ2n) is 4.10. The second kappa shape index (κ2) is 4.82. The zero-order valence-electron chi connectivity index (χ0n) is 9.58. The van der Waals surface area contributed by atoms with E-state index < -0.39 is 16.8 Å². The Morgan fingerprint density at radius 3 is 2.47 bits per heavy atom. The van der Waals surface area contributed by atoms with Crippen LogP contribution >= 0.6 is 0 Å². The average molecular weight is 238 g/mol. The number of hydrogen-bond donors (Lipinski definition) is 2. The highest BCUT2D eigenvalue weighted by Gasteiger charge is 2.28. The smallest absolute Gasteiger partial charge is 0.311 e. The van der Waals surface area contributed by atoms with Crippen LogP contribution in [0.15, 0.2) is 18.2 Å². The van der Waals surface area contributed by atoms with Crippen molar-refractivity contribution in [2.45, 2.75) is 19.8 Å². The van der Waals surface area contributed by atoms with Gasteiger partial charge in [-0.3, -0.25) is 14.9 Å². The molecule has 0 aromatic heterocycles. The first-order valence-corrected chi connectivity index (χ1v) is 5.11. The molecule has 0 heterocycles. The van der Waals surface area contributed by atoms with E-state index in [0.29, 0.717) is 5.56 Å². The van der Waals surface area contributed by atoms with Crippen molar-refractivity contribution in [2.24, 2.45) is 5.92 Å². The Labute approximate surface area is 98.2 Å². The molecule has 1 atom stereocenters. The lowest BCUT2D eigenvalue weighted by Crippen LogP contribution is -2.19. The maximum atomic E-state index is 11.1. The Morgan fingerprint density at radius 2 is 2.06 bits per heavy atom. The summed E-state index contributed by atoms with van der Waals surface area (Å²) in [6.45, 7) is 3.47. The van der Waals surface area contributed by atoms with Gasteiger partial charge >= 0.3 is 5.97 Å². The number of hydrogen-bond acceptors (Lipinski definition) is 4. The van der Waals surface area contributed by atoms with Gasteiger partial charge in [0.05, 0.1) is 10.8 Å². The lowest BCUT2D eigenvalue weighted by atomic mass is 9.87. The van der Waals surface area contributed by atoms with Crippen molar-refractivity contribution in [3.8, 4) is 0 Å². The van der Waals surface area contributed by atoms with Gasteiger partial charge in [0.2, 0.25) is 0 Å². The summed E-state index contributed by atoms with van der Waals surface area (Å²) in [4.78, 5) is 21.3. The molecule has 6 nitrogen and oxygen atoms in total. The van der Waals surface area contributed by atoms with E-state index in [9.17, 15) is 14.9 Å². The first-order valence-electron chi connectivity index (χ1n) is 5.11. The highest BCUT2D eigenvalue weighted by molar-refractivity contribution is 5.80. The van der Waals surface area contributed by atoms with Crippen molar-refractivity contribution in [2.75, 3.05) is 5.73 Å². The Hall–Kier alpha value is -2.11. The fraction of sp³-hybridized carbons (Fsp3) is 0.364. The molecule has 0 fully saturated rings. The highest BCUT2D eigenvalue weighted by atomic mass is 16.6. The van der Waals surface area contributed by atoms with Crippen LogP contribution in [0.4, 0.5) is 11.4 Å². The molecule has 1 aromatic rings. The summed E-state index contributed by atoms with van der Waals surface area (Å²) in [5.74, 6) is -2.07. The Morgan fingerprint density at radius 1 is 1.47 bits per heavy atom. The summed E-state index contributed by atoms with van der Waals surface area (Å²) in [6, 6.07) is 4.22. The Kier molecular flexibility index (Phi) is 3.67. The Balaban J connectivity index is 3.35. The summed E-state index contributed by atoms with van der Waals surface area (Å²) >= 11 is 0. The fourth-order valence-electron chi connectivity index (χ4n) is 1.78. The first-order chi connectivity index (χ1) is 7.86. The lowest BCUT2D eigenvalue weighted by Gasteiger charge is -2.18. The number of aliphatic carboxylic acids is 1. The molecule has 0 aliphatic rings. The van der Waals surface area contributed by atoms with Crippen LogP contribution in [0, 0.1) is 16.0 Å². The normalized spacial score (nSPS) is 12.4. The Bertz CT molecular complexity index is 457. The minimum atomic E-state index is -1.04. The van der Waals surface area contributed by atoms with Gasteiger partial charge in [-0.1, -0.05) is 26.0 Å². The van der Waals surface area contributed by atoms with Crippen LogP contribution < -0.4 is 5.73 Å². The number of nitro benzene ring substituents is 1. The standard InChI is InChI=1S/C11H14N2O4/c1-6(2)9(11(14)15)7-4-3-5-8(10(7)12)13(16)17/h3-6,9H,12H2,1-2H3,(H,14,15). The number of para-hydroxylation sites is 1. The van der Waals surface area contributed by atoms with E-state index in [1.165, 1.54) is 18.2 Å². The summed E-state index contributed by atoms with van der Waals surface area (Å²) in [6.07, 6.45) is 0. The molecular formula is C11H14N2O4. The van der Waals surface area contributed by atoms with Gasteiger partial charge < -0.3 is 10.8 Å². The van der Waals surface area contributed by atoms with E-state index in [1.54, 1.807) is 13.8 Å². The van der Waals surface area contributed by atoms with Crippen molar-refractivity contribution >= 4 is 17.3 Å². The molecule has 1 unspecified atom stereocenters. The third-order valence-corrected chi connectivity index (χ3v) is 2.58. The van der Waals surface area contributed by atoms with Crippen molar-refractivity contribution < 1.29 is 14.8 Å². The molecule has 0 saturated carbocycles. The van der Waals surface area contributed by atoms with Crippen LogP contribution in [-0.4, -0.2) is 16.0 Å². The molecule has 0 saturated heterocycles. The van der Waals surface area contributed by atoms with Gasteiger partial charge in [-0.25, -0.2) is 0 Å². The van der Waals surface area contributed by atoms with Crippen LogP contribution in [-0.2, 0) is 4.79 Å². The highest BCUT2D eigenvalue weighted by Crippen LogP contribution is 2.34. The third-order valence-electron chi connectivity index (χ3n) is 2.58. The monoisotopic (exact) mass is 238 g/mol. The summed E-state index contributed by atoms with van der Waals surface area (Å²) < 4.78 is 0. The molecule has 0 radical (unpaired) electrons. The van der Waals surface area contributed by atoms with E-state index in [1.807, 2.05) is 0 Å². The molecule has 1 aromatic carbocycles. The maximum Gasteiger partial charge on any atom is 0.311 e. The van der Waals surface area contributed by atoms with Crippen LogP contribution in [0.25, 0.3) is 0 Å². The minimum absolute atomic E-state index is 0.0707. The molecule has 6 heteroatoms. The summed E-state index contributed by atoms with van der Waals surface area (Å²) in [5, 5.41) is 19.8. The van der Waals surface area contributed by atoms with Gasteiger partial charge in [-0.05, 0) is 11.5 Å². The predicted octanol–water partition coefficient (Wildman–Crippen LogP) is 2.00. The van der Waals surface area contributed by atoms with E-state index >= 15 is 0 Å². The van der Waals surface area contributed by atoms with Crippen LogP contribution in [0.3, 0.4) is 0 Å². The summed E-state index contributed by atoms with van der Waals surface area (Å²) in [7, 11) is 0. The number of carboxylic acids is 1. The zero-order chi connectivity index (χ0) is 13.2. The minimum Gasteiger partial charge on any atom is -0.481 e. The van der Waals surface area contributed by atoms with Crippen molar-refractivity contribution in [1.82, 2.24) is 0 Å². The number of carboxylic acid groups (broad SMARTS) is 1. The number of nitrogens with two attached hydrogens (primary N) is 1. The average Bonchev–Trinajstić information content (AvgIpc) is 2.19. The summed E-state index contributed by atoms with van der Waals surface area (Å²) in [5.41, 5.74) is 5.62. The molecule has 0 aliphatic carbocycles. The number of carbonyl (C=O) groups is 1. The lowest BCUT2D eigenvalue weighted by molar-refractivity contribution is -0.383. The number of rotatable bonds is 4. The molecule has 0 bridgehead atoms. The van der Waals surface area contributed by atoms with Crippen LogP contribution in [0.1, 0.15) is 25.3 Å². The van der Waals surface area contributed by atoms with Crippen LogP contribution in [0.5, 0.6) is 0 Å². The van der Waals surface area contributed by atoms with Gasteiger partial charge in [0.1, 0.15) is 5.69 Å². The molecule has 0 amide bonds. The van der Waals surface area contributed by atoms with Gasteiger partial charge in [-0.2, -0.15) is 0 Å². The molecule has 17 heavy (non-hydrogen) atoms. The van der Waals surface area contributed by atoms with E-state index in [4.69, 9.17) is 10.8 Å². The SMILES string of the molecule is CC(C)C(C(=O)O)c1cccc([N+](=O)[O-])c1N. The maximum absolute atomic E-state index is 11.1. The number of benzene rings is 1. The predicted molar refractivity (Wildman–Crippen MR) is 62.7 cm³/mol. The van der Waals surface area contributed by atoms with E-state index in [0.717, 1.165) is 0 Å². The number of nitrogens with zero attached hydrogens (tertiary/aromatic N) is 1. The quantitative estimate of drug-likeness (QED) is 0.474. The molecule has 92 valence electrons. The first kappa shape index (κ1) is 13.0. The largest absolute Gasteiger partial charge is 0.481 e. The van der Waals surface area contributed by atoms with Gasteiger partial charge in [0.15, 0.2) is 0 Å². The van der Waals surface area contributed by atoms with Gasteiger partial charge in [0.25, 0.3) is 5.69 Å². The zero-order valence-corrected chi connectivity index (χ0v) is 9.58. The second-order valence-corrected chi connectivity index (χ2v) is 4.10. The van der Waals surface area contributed by atoms with Gasteiger partial charge in [-0.15, -0.1) is 0 Å². The van der Waals surface area contributed by atoms with E-state index in [-0.39, 0.29) is 17.3 Å². The molecular weight excluding hydrogens is 224 g/mol. The van der Waals surface area contributed by atoms with Crippen LogP contribution in [0.2, 0.25) is 0 Å². The third kappa shape index (κ3) is 2.52. The van der Waals surface area contributed by atoms with Crippen molar-refractivity contribution in [3.05, 3.63) is 33.9 Å². The van der Waals surface area contributed by atoms with Crippen molar-refractivity contribution in [1.29, 1.82) is 0 Å². The van der Waals surface area contributed by atoms with E-state index in [2.05, 4.69) is 0 Å². The number of nitrogen functional groups attached to an aromatic ring is 1. The number of anilines is 1. The van der Waals surface area contributed by atoms with Crippen molar-refractivity contribution in [3.63, 3.8) is 0 Å². The molecule has 1 rings (SSSR count). The molecule has 0 spiro atoms. The van der Waals surface area contributed by atoms with Gasteiger partial charge in [0, 0.05) is 6.07 Å². The fourth-order valence-corrected chi connectivity index (χ4v) is 1.78. The molecule has 0 aliphatic heterocycles. The number of nitro groups is 1. The molecule has 3 N–H and O–H groups in total.